The molecule has 3 aromatic carbocycles. The summed E-state index contributed by atoms with van der Waals surface area (Å²) in [6.45, 7) is 0.852. The quantitative estimate of drug-likeness (QED) is 0.534. The van der Waals surface area contributed by atoms with E-state index >= 15 is 0 Å². The first kappa shape index (κ1) is 18.1. The molecule has 0 aliphatic rings. The van der Waals surface area contributed by atoms with Crippen LogP contribution in [-0.2, 0) is 9.53 Å². The number of ketones is 1. The van der Waals surface area contributed by atoms with Crippen molar-refractivity contribution in [1.82, 2.24) is 0 Å². The zero-order valence-electron chi connectivity index (χ0n) is 14.6. The van der Waals surface area contributed by atoms with Crippen LogP contribution in [0.1, 0.15) is 27.6 Å². The number of carbonyl (C=O) groups excluding carboxylic acids is 3. The van der Waals surface area contributed by atoms with Crippen molar-refractivity contribution in [2.24, 2.45) is 0 Å². The predicted molar refractivity (Wildman–Crippen MR) is 101 cm³/mol. The molecule has 0 aromatic heterocycles. The summed E-state index contributed by atoms with van der Waals surface area (Å²) < 4.78 is 5.00. The number of hydrogen-bond acceptors (Lipinski definition) is 5. The average molecular weight is 363 g/mol. The predicted octanol–water partition coefficient (Wildman–Crippen LogP) is 3.54. The van der Waals surface area contributed by atoms with Gasteiger partial charge >= 0.3 is 5.97 Å². The number of aromatic hydroxyl groups is 1. The molecule has 0 fully saturated rings. The number of anilines is 1. The zero-order valence-corrected chi connectivity index (χ0v) is 14.6. The summed E-state index contributed by atoms with van der Waals surface area (Å²) in [6.07, 6.45) is 0. The van der Waals surface area contributed by atoms with Crippen molar-refractivity contribution in [2.75, 3.05) is 11.9 Å². The molecular weight excluding hydrogens is 346 g/mol. The van der Waals surface area contributed by atoms with Crippen LogP contribution in [0, 0.1) is 0 Å². The van der Waals surface area contributed by atoms with Crippen LogP contribution >= 0.6 is 0 Å². The van der Waals surface area contributed by atoms with Crippen LogP contribution in [0.15, 0.2) is 60.7 Å². The highest BCUT2D eigenvalue weighted by Gasteiger charge is 2.16. The minimum Gasteiger partial charge on any atom is -0.507 e. The van der Waals surface area contributed by atoms with E-state index in [1.54, 1.807) is 30.3 Å². The number of hydrogen-bond donors (Lipinski definition) is 2. The zero-order chi connectivity index (χ0) is 19.4. The molecule has 27 heavy (non-hydrogen) atoms. The first-order chi connectivity index (χ1) is 13.0. The Balaban J connectivity index is 1.68. The summed E-state index contributed by atoms with van der Waals surface area (Å²) in [6, 6.07) is 16.8. The lowest BCUT2D eigenvalue weighted by atomic mass is 10.1. The third-order valence-electron chi connectivity index (χ3n) is 4.00. The van der Waals surface area contributed by atoms with Gasteiger partial charge in [0.1, 0.15) is 11.3 Å². The van der Waals surface area contributed by atoms with Crippen molar-refractivity contribution in [3.05, 3.63) is 71.8 Å². The van der Waals surface area contributed by atoms with Crippen LogP contribution in [0.5, 0.6) is 5.75 Å². The van der Waals surface area contributed by atoms with E-state index in [1.165, 1.54) is 19.1 Å². The monoisotopic (exact) mass is 363 g/mol. The lowest BCUT2D eigenvalue weighted by molar-refractivity contribution is -0.119. The first-order valence-electron chi connectivity index (χ1n) is 8.24. The van der Waals surface area contributed by atoms with Crippen LogP contribution in [0.2, 0.25) is 0 Å². The molecule has 0 radical (unpaired) electrons. The normalized spacial score (nSPS) is 10.4. The lowest BCUT2D eigenvalue weighted by Crippen LogP contribution is -2.22. The smallest absolute Gasteiger partial charge is 0.342 e. The minimum absolute atomic E-state index is 0.0226. The second-order valence-electron chi connectivity index (χ2n) is 5.94. The number of para-hydroxylation sites is 1. The number of rotatable bonds is 5. The van der Waals surface area contributed by atoms with Crippen molar-refractivity contribution in [2.45, 2.75) is 6.92 Å². The van der Waals surface area contributed by atoms with Gasteiger partial charge in [0.25, 0.3) is 5.91 Å². The Kier molecular flexibility index (Phi) is 5.17. The number of amides is 1. The maximum atomic E-state index is 12.2. The van der Waals surface area contributed by atoms with Crippen LogP contribution in [0.25, 0.3) is 10.8 Å². The summed E-state index contributed by atoms with van der Waals surface area (Å²) in [5, 5.41) is 14.1. The Bertz CT molecular complexity index is 1040. The molecule has 0 unspecified atom stereocenters. The van der Waals surface area contributed by atoms with Crippen molar-refractivity contribution in [1.29, 1.82) is 0 Å². The van der Waals surface area contributed by atoms with E-state index in [9.17, 15) is 19.5 Å². The lowest BCUT2D eigenvalue weighted by Gasteiger charge is -2.10. The molecule has 6 heteroatoms. The highest BCUT2D eigenvalue weighted by molar-refractivity contribution is 6.04. The number of Topliss-reactive ketones (excluding diaryl/α,β-unsaturated/α-hetero) is 1. The Labute approximate surface area is 155 Å². The van der Waals surface area contributed by atoms with Gasteiger partial charge in [-0.3, -0.25) is 9.59 Å². The summed E-state index contributed by atoms with van der Waals surface area (Å²) >= 11 is 0. The maximum Gasteiger partial charge on any atom is 0.342 e. The Morgan fingerprint density at radius 1 is 0.926 bits per heavy atom. The van der Waals surface area contributed by atoms with Gasteiger partial charge in [-0.2, -0.15) is 0 Å². The molecule has 3 aromatic rings. The van der Waals surface area contributed by atoms with Gasteiger partial charge in [0.2, 0.25) is 0 Å². The summed E-state index contributed by atoms with van der Waals surface area (Å²) in [4.78, 5) is 35.9. The number of benzene rings is 3. The number of phenolic OH excluding ortho intramolecular Hbond substituents is 1. The first-order valence-corrected chi connectivity index (χ1v) is 8.24. The van der Waals surface area contributed by atoms with E-state index < -0.39 is 18.5 Å². The fourth-order valence-corrected chi connectivity index (χ4v) is 2.69. The molecule has 0 aliphatic carbocycles. The maximum absolute atomic E-state index is 12.2. The average Bonchev–Trinajstić information content (AvgIpc) is 2.65. The number of nitrogens with one attached hydrogen (secondary N) is 1. The second-order valence-corrected chi connectivity index (χ2v) is 5.94. The highest BCUT2D eigenvalue weighted by Crippen LogP contribution is 2.25. The molecule has 0 atom stereocenters. The van der Waals surface area contributed by atoms with Crippen molar-refractivity contribution in [3.63, 3.8) is 0 Å². The Hall–Kier alpha value is -3.67. The SMILES string of the molecule is CC(=O)c1ccccc1NC(=O)COC(=O)c1cc2ccccc2cc1O. The number of phenols is 1. The van der Waals surface area contributed by atoms with Crippen molar-refractivity contribution < 1.29 is 24.2 Å². The fraction of sp³-hybridized carbons (Fsp3) is 0.0952. The summed E-state index contributed by atoms with van der Waals surface area (Å²) in [5.41, 5.74) is 0.689. The van der Waals surface area contributed by atoms with E-state index in [0.717, 1.165) is 10.8 Å². The molecule has 0 aliphatic heterocycles. The molecule has 0 spiro atoms. The van der Waals surface area contributed by atoms with E-state index in [4.69, 9.17) is 4.74 Å². The van der Waals surface area contributed by atoms with Crippen LogP contribution in [0.4, 0.5) is 5.69 Å². The molecule has 6 nitrogen and oxygen atoms in total. The Morgan fingerprint density at radius 3 is 2.26 bits per heavy atom. The molecule has 2 N–H and O–H groups in total. The number of ether oxygens (including phenoxy) is 1. The molecule has 0 saturated heterocycles. The van der Waals surface area contributed by atoms with Gasteiger partial charge in [-0.05, 0) is 42.0 Å². The van der Waals surface area contributed by atoms with E-state index in [2.05, 4.69) is 5.32 Å². The standard InChI is InChI=1S/C21H17NO5/c1-13(23)16-8-4-5-9-18(16)22-20(25)12-27-21(26)17-10-14-6-2-3-7-15(14)11-19(17)24/h2-11,24H,12H2,1H3,(H,22,25). The number of esters is 1. The third kappa shape index (κ3) is 4.12. The van der Waals surface area contributed by atoms with E-state index in [-0.39, 0.29) is 17.1 Å². The molecule has 0 saturated carbocycles. The topological polar surface area (TPSA) is 92.7 Å². The third-order valence-corrected chi connectivity index (χ3v) is 4.00. The molecular formula is C21H17NO5. The summed E-state index contributed by atoms with van der Waals surface area (Å²) in [5.74, 6) is -1.81. The molecule has 3 rings (SSSR count). The van der Waals surface area contributed by atoms with Crippen LogP contribution in [-0.4, -0.2) is 29.4 Å². The van der Waals surface area contributed by atoms with Gasteiger partial charge in [0.15, 0.2) is 12.4 Å². The molecule has 136 valence electrons. The molecule has 0 bridgehead atoms. The number of fused-ring (bicyclic) bond motifs is 1. The highest BCUT2D eigenvalue weighted by atomic mass is 16.5. The fourth-order valence-electron chi connectivity index (χ4n) is 2.69. The molecule has 0 heterocycles. The van der Waals surface area contributed by atoms with Gasteiger partial charge < -0.3 is 15.2 Å². The minimum atomic E-state index is -0.812. The van der Waals surface area contributed by atoms with Crippen LogP contribution < -0.4 is 5.32 Å². The largest absolute Gasteiger partial charge is 0.507 e. The van der Waals surface area contributed by atoms with Gasteiger partial charge in [-0.1, -0.05) is 36.4 Å². The van der Waals surface area contributed by atoms with Gasteiger partial charge in [-0.25, -0.2) is 4.79 Å². The van der Waals surface area contributed by atoms with E-state index in [0.29, 0.717) is 11.3 Å². The van der Waals surface area contributed by atoms with Crippen molar-refractivity contribution >= 4 is 34.1 Å². The molecule has 1 amide bonds. The van der Waals surface area contributed by atoms with Crippen LogP contribution in [0.3, 0.4) is 0 Å². The van der Waals surface area contributed by atoms with Gasteiger partial charge in [0, 0.05) is 5.56 Å². The second kappa shape index (κ2) is 7.70. The van der Waals surface area contributed by atoms with Gasteiger partial charge in [0.05, 0.1) is 5.69 Å². The Morgan fingerprint density at radius 2 is 1.56 bits per heavy atom. The van der Waals surface area contributed by atoms with E-state index in [1.807, 2.05) is 18.2 Å². The number of carbonyl (C=O) groups is 3. The summed E-state index contributed by atoms with van der Waals surface area (Å²) in [7, 11) is 0. The van der Waals surface area contributed by atoms with Crippen molar-refractivity contribution in [3.8, 4) is 5.75 Å². The van der Waals surface area contributed by atoms with Gasteiger partial charge in [-0.15, -0.1) is 0 Å².